The Morgan fingerprint density at radius 1 is 0.840 bits per heavy atom. The lowest BCUT2D eigenvalue weighted by Gasteiger charge is -2.17. The molecule has 4 N–H and O–H groups in total. The second-order valence-corrected chi connectivity index (χ2v) is 9.44. The van der Waals surface area contributed by atoms with E-state index in [4.69, 9.17) is 19.6 Å². The van der Waals surface area contributed by atoms with Crippen molar-refractivity contribution in [1.82, 2.24) is 0 Å². The molecule has 0 aliphatic rings. The Hall–Kier alpha value is -1.59. The molecule has 134 valence electrons. The predicted molar refractivity (Wildman–Crippen MR) is 93.4 cm³/mol. The molecule has 0 saturated heterocycles. The minimum Gasteiger partial charge on any atom is -0.324 e. The number of hydrogen-bond acceptors (Lipinski definition) is 2. The molecule has 0 aliphatic carbocycles. The van der Waals surface area contributed by atoms with Gasteiger partial charge in [0.05, 0.1) is 0 Å². The van der Waals surface area contributed by atoms with Gasteiger partial charge in [-0.3, -0.25) is 9.13 Å². The van der Waals surface area contributed by atoms with Crippen LogP contribution in [-0.2, 0) is 9.13 Å². The van der Waals surface area contributed by atoms with E-state index in [0.717, 1.165) is 11.1 Å². The molecule has 6 nitrogen and oxygen atoms in total. The fourth-order valence-electron chi connectivity index (χ4n) is 2.23. The number of benzene rings is 2. The summed E-state index contributed by atoms with van der Waals surface area (Å²) in [7, 11) is -9.83. The second kappa shape index (κ2) is 7.75. The molecular formula is C16H17FO6P2. The van der Waals surface area contributed by atoms with Gasteiger partial charge in [0, 0.05) is 0 Å². The van der Waals surface area contributed by atoms with E-state index in [2.05, 4.69) is 0 Å². The van der Waals surface area contributed by atoms with Gasteiger partial charge in [-0.15, -0.1) is 0 Å². The van der Waals surface area contributed by atoms with Crippen molar-refractivity contribution in [2.75, 3.05) is 0 Å². The third kappa shape index (κ3) is 5.72. The molecule has 9 heteroatoms. The van der Waals surface area contributed by atoms with Crippen LogP contribution in [0.15, 0.2) is 54.6 Å². The van der Waals surface area contributed by atoms with Crippen LogP contribution in [-0.4, -0.2) is 25.0 Å². The average molecular weight is 386 g/mol. The first-order valence-corrected chi connectivity index (χ1v) is 10.6. The van der Waals surface area contributed by atoms with Crippen molar-refractivity contribution >= 4 is 21.3 Å². The van der Waals surface area contributed by atoms with Crippen molar-refractivity contribution in [3.8, 4) is 11.1 Å². The van der Waals surface area contributed by atoms with Gasteiger partial charge >= 0.3 is 15.2 Å². The van der Waals surface area contributed by atoms with Gasteiger partial charge in [0.2, 0.25) is 0 Å². The smallest absolute Gasteiger partial charge is 0.324 e. The normalized spacial score (nSPS) is 12.9. The van der Waals surface area contributed by atoms with Gasteiger partial charge in [-0.25, -0.2) is 4.39 Å². The van der Waals surface area contributed by atoms with E-state index >= 15 is 0 Å². The second-order valence-electron chi connectivity index (χ2n) is 5.43. The monoisotopic (exact) mass is 386 g/mol. The minimum atomic E-state index is -4.92. The highest BCUT2D eigenvalue weighted by atomic mass is 31.2. The van der Waals surface area contributed by atoms with Crippen LogP contribution in [0.3, 0.4) is 0 Å². The van der Waals surface area contributed by atoms with Crippen molar-refractivity contribution in [1.29, 1.82) is 0 Å². The molecule has 0 radical (unpaired) electrons. The van der Waals surface area contributed by atoms with E-state index in [1.165, 1.54) is 24.3 Å². The summed E-state index contributed by atoms with van der Waals surface area (Å²) in [5.74, 6) is -0.326. The Bertz CT molecular complexity index is 814. The molecule has 2 rings (SSSR count). The van der Waals surface area contributed by atoms with Crippen LogP contribution in [0.5, 0.6) is 0 Å². The van der Waals surface area contributed by atoms with Gasteiger partial charge < -0.3 is 19.6 Å². The first-order valence-electron chi connectivity index (χ1n) is 7.20. The van der Waals surface area contributed by atoms with Crippen molar-refractivity contribution in [3.63, 3.8) is 0 Å². The molecule has 0 aliphatic heterocycles. The highest BCUT2D eigenvalue weighted by molar-refractivity contribution is 7.70. The van der Waals surface area contributed by atoms with Gasteiger partial charge in [0.25, 0.3) is 0 Å². The average Bonchev–Trinajstić information content (AvgIpc) is 2.50. The van der Waals surface area contributed by atoms with Crippen molar-refractivity contribution in [2.24, 2.45) is 0 Å². The lowest BCUT2D eigenvalue weighted by Crippen LogP contribution is -2.07. The molecule has 2 aromatic carbocycles. The standard InChI is InChI=1S/C16H17FO6P2/c17-15-10-8-14(9-11-15)13-6-4-12(5-7-13)2-1-3-16(24(18,19)20)25(21,22)23/h1-2,4-11,16H,3H2,(H2,18,19,20)(H2,21,22,23). The van der Waals surface area contributed by atoms with E-state index in [-0.39, 0.29) is 5.82 Å². The van der Waals surface area contributed by atoms with E-state index < -0.39 is 27.0 Å². The zero-order valence-corrected chi connectivity index (χ0v) is 14.7. The number of rotatable bonds is 6. The van der Waals surface area contributed by atoms with Crippen LogP contribution in [0.1, 0.15) is 12.0 Å². The van der Waals surface area contributed by atoms with Crippen LogP contribution in [0.25, 0.3) is 17.2 Å². The molecule has 0 amide bonds. The summed E-state index contributed by atoms with van der Waals surface area (Å²) in [6.45, 7) is 0. The lowest BCUT2D eigenvalue weighted by molar-refractivity contribution is 0.339. The van der Waals surface area contributed by atoms with Crippen LogP contribution in [0.4, 0.5) is 4.39 Å². The maximum atomic E-state index is 12.9. The highest BCUT2D eigenvalue weighted by Crippen LogP contribution is 2.61. The summed E-state index contributed by atoms with van der Waals surface area (Å²) >= 11 is 0. The molecule has 0 saturated carbocycles. The van der Waals surface area contributed by atoms with E-state index in [0.29, 0.717) is 5.56 Å². The minimum absolute atomic E-state index is 0.326. The molecule has 0 atom stereocenters. The van der Waals surface area contributed by atoms with Gasteiger partial charge in [0.1, 0.15) is 5.82 Å². The highest BCUT2D eigenvalue weighted by Gasteiger charge is 2.42. The summed E-state index contributed by atoms with van der Waals surface area (Å²) < 4.78 is 35.3. The summed E-state index contributed by atoms with van der Waals surface area (Å²) in [6, 6.07) is 13.0. The third-order valence-corrected chi connectivity index (χ3v) is 7.30. The third-order valence-electron chi connectivity index (χ3n) is 3.52. The Labute approximate surface area is 144 Å². The molecule has 0 aromatic heterocycles. The maximum absolute atomic E-state index is 12.9. The Balaban J connectivity index is 2.10. The molecule has 0 unspecified atom stereocenters. The van der Waals surface area contributed by atoms with E-state index in [9.17, 15) is 13.5 Å². The summed E-state index contributed by atoms with van der Waals surface area (Å²) in [6.07, 6.45) is 2.39. The Morgan fingerprint density at radius 3 is 1.72 bits per heavy atom. The predicted octanol–water partition coefficient (Wildman–Crippen LogP) is 3.58. The zero-order chi connectivity index (χ0) is 18.7. The SMILES string of the molecule is O=P(O)(O)C(CC=Cc1ccc(-c2ccc(F)cc2)cc1)P(=O)(O)O. The van der Waals surface area contributed by atoms with E-state index in [1.807, 2.05) is 0 Å². The van der Waals surface area contributed by atoms with Gasteiger partial charge in [-0.2, -0.15) is 0 Å². The quantitative estimate of drug-likeness (QED) is 0.564. The Morgan fingerprint density at radius 2 is 1.28 bits per heavy atom. The largest absolute Gasteiger partial charge is 0.341 e. The van der Waals surface area contributed by atoms with E-state index in [1.54, 1.807) is 36.4 Å². The van der Waals surface area contributed by atoms with Gasteiger partial charge in [0.15, 0.2) is 5.40 Å². The molecular weight excluding hydrogens is 369 g/mol. The molecule has 2 aromatic rings. The summed E-state index contributed by atoms with van der Waals surface area (Å²) in [4.78, 5) is 36.2. The number of allylic oxidation sites excluding steroid dienone is 1. The van der Waals surface area contributed by atoms with Gasteiger partial charge in [-0.1, -0.05) is 48.6 Å². The molecule has 0 fully saturated rings. The first kappa shape index (κ1) is 19.7. The van der Waals surface area contributed by atoms with Gasteiger partial charge in [-0.05, 0) is 35.2 Å². The summed E-state index contributed by atoms with van der Waals surface area (Å²) in [5.41, 5.74) is 2.39. The lowest BCUT2D eigenvalue weighted by atomic mass is 10.0. The molecule has 0 spiro atoms. The molecule has 25 heavy (non-hydrogen) atoms. The van der Waals surface area contributed by atoms with Crippen molar-refractivity contribution in [2.45, 2.75) is 11.8 Å². The number of halogens is 1. The van der Waals surface area contributed by atoms with Crippen LogP contribution in [0, 0.1) is 5.82 Å². The van der Waals surface area contributed by atoms with Crippen LogP contribution >= 0.6 is 15.2 Å². The number of hydrogen-bond donors (Lipinski definition) is 4. The maximum Gasteiger partial charge on any atom is 0.341 e. The van der Waals surface area contributed by atoms with Crippen LogP contribution in [0.2, 0.25) is 0 Å². The Kier molecular flexibility index (Phi) is 6.12. The van der Waals surface area contributed by atoms with Crippen molar-refractivity contribution in [3.05, 3.63) is 66.0 Å². The fraction of sp³-hybridized carbons (Fsp3) is 0.125. The fourth-order valence-corrected chi connectivity index (χ4v) is 4.59. The van der Waals surface area contributed by atoms with Crippen LogP contribution < -0.4 is 0 Å². The zero-order valence-electron chi connectivity index (χ0n) is 12.9. The molecule has 0 bridgehead atoms. The molecule has 0 heterocycles. The topological polar surface area (TPSA) is 115 Å². The van der Waals surface area contributed by atoms with Crippen molar-refractivity contribution < 1.29 is 33.1 Å². The summed E-state index contributed by atoms with van der Waals surface area (Å²) in [5, 5.41) is -2.05. The first-order chi connectivity index (χ1) is 11.6.